The molecule has 2 aromatic rings. The van der Waals surface area contributed by atoms with Gasteiger partial charge in [-0.15, -0.1) is 11.3 Å². The van der Waals surface area contributed by atoms with E-state index in [9.17, 15) is 0 Å². The summed E-state index contributed by atoms with van der Waals surface area (Å²) in [6.45, 7) is 11.7. The van der Waals surface area contributed by atoms with Crippen LogP contribution >= 0.6 is 11.3 Å². The quantitative estimate of drug-likeness (QED) is 0.691. The third-order valence-electron chi connectivity index (χ3n) is 5.00. The van der Waals surface area contributed by atoms with Crippen molar-refractivity contribution in [1.29, 1.82) is 0 Å². The van der Waals surface area contributed by atoms with Crippen molar-refractivity contribution in [3.05, 3.63) is 39.7 Å². The van der Waals surface area contributed by atoms with Crippen LogP contribution in [0.2, 0.25) is 0 Å². The molecular formula is C19H25NS. The largest absolute Gasteiger partial charge is 0.241 e. The van der Waals surface area contributed by atoms with Gasteiger partial charge >= 0.3 is 0 Å². The highest BCUT2D eigenvalue weighted by molar-refractivity contribution is 7.09. The SMILES string of the molecule is CCc1nc(-c2ccc3c(c2)C(C)(C)CCC3(C)C)cs1. The van der Waals surface area contributed by atoms with Gasteiger partial charge in [-0.3, -0.25) is 0 Å². The lowest BCUT2D eigenvalue weighted by Crippen LogP contribution is -2.33. The molecule has 1 aliphatic carbocycles. The topological polar surface area (TPSA) is 12.9 Å². The molecular weight excluding hydrogens is 274 g/mol. The van der Waals surface area contributed by atoms with Gasteiger partial charge in [0, 0.05) is 10.9 Å². The number of hydrogen-bond donors (Lipinski definition) is 0. The fourth-order valence-electron chi connectivity index (χ4n) is 3.35. The lowest BCUT2D eigenvalue weighted by molar-refractivity contribution is 0.332. The molecule has 0 spiro atoms. The number of fused-ring (bicyclic) bond motifs is 1. The summed E-state index contributed by atoms with van der Waals surface area (Å²) in [6.07, 6.45) is 3.55. The fraction of sp³-hybridized carbons (Fsp3) is 0.526. The molecule has 0 fully saturated rings. The molecule has 21 heavy (non-hydrogen) atoms. The molecule has 0 unspecified atom stereocenters. The van der Waals surface area contributed by atoms with Crippen molar-refractivity contribution in [2.24, 2.45) is 0 Å². The summed E-state index contributed by atoms with van der Waals surface area (Å²) >= 11 is 1.77. The molecule has 0 saturated carbocycles. The second kappa shape index (κ2) is 4.95. The van der Waals surface area contributed by atoms with Gasteiger partial charge < -0.3 is 0 Å². The molecule has 0 radical (unpaired) electrons. The Morgan fingerprint density at radius 3 is 2.33 bits per heavy atom. The van der Waals surface area contributed by atoms with Crippen LogP contribution in [0, 0.1) is 0 Å². The van der Waals surface area contributed by atoms with Crippen molar-refractivity contribution in [3.63, 3.8) is 0 Å². The lowest BCUT2D eigenvalue weighted by Gasteiger charge is -2.42. The summed E-state index contributed by atoms with van der Waals surface area (Å²) in [7, 11) is 0. The van der Waals surface area contributed by atoms with Crippen LogP contribution in [0.3, 0.4) is 0 Å². The van der Waals surface area contributed by atoms with Crippen molar-refractivity contribution in [2.75, 3.05) is 0 Å². The van der Waals surface area contributed by atoms with Crippen LogP contribution < -0.4 is 0 Å². The first-order valence-electron chi connectivity index (χ1n) is 7.93. The van der Waals surface area contributed by atoms with E-state index in [-0.39, 0.29) is 5.41 Å². The van der Waals surface area contributed by atoms with E-state index in [1.54, 1.807) is 11.3 Å². The molecule has 0 atom stereocenters. The third-order valence-corrected chi connectivity index (χ3v) is 6.00. The minimum absolute atomic E-state index is 0.268. The molecule has 0 bridgehead atoms. The zero-order valence-electron chi connectivity index (χ0n) is 13.8. The van der Waals surface area contributed by atoms with Crippen molar-refractivity contribution >= 4 is 11.3 Å². The van der Waals surface area contributed by atoms with Crippen molar-refractivity contribution in [1.82, 2.24) is 4.98 Å². The number of thiazole rings is 1. The predicted octanol–water partition coefficient (Wildman–Crippen LogP) is 5.72. The zero-order valence-corrected chi connectivity index (χ0v) is 14.6. The summed E-state index contributed by atoms with van der Waals surface area (Å²) in [5.74, 6) is 0. The predicted molar refractivity (Wildman–Crippen MR) is 92.2 cm³/mol. The van der Waals surface area contributed by atoms with E-state index in [4.69, 9.17) is 4.98 Å². The Labute approximate surface area is 132 Å². The van der Waals surface area contributed by atoms with Crippen LogP contribution in [0.25, 0.3) is 11.3 Å². The Bertz CT molecular complexity index is 664. The Hall–Kier alpha value is -1.15. The first kappa shape index (κ1) is 14.8. The summed E-state index contributed by atoms with van der Waals surface area (Å²) in [6, 6.07) is 7.00. The molecule has 0 N–H and O–H groups in total. The van der Waals surface area contributed by atoms with Crippen LogP contribution in [0.1, 0.15) is 63.6 Å². The molecule has 0 aliphatic heterocycles. The normalized spacial score (nSPS) is 19.3. The molecule has 112 valence electrons. The molecule has 1 aromatic carbocycles. The Kier molecular flexibility index (Phi) is 3.48. The molecule has 0 amide bonds. The minimum atomic E-state index is 0.268. The van der Waals surface area contributed by atoms with Crippen molar-refractivity contribution in [2.45, 2.75) is 64.7 Å². The molecule has 1 aliphatic rings. The second-order valence-electron chi connectivity index (χ2n) is 7.51. The standard InChI is InChI=1S/C19H25NS/c1-6-17-20-16(12-21-17)13-7-8-14-15(11-13)19(4,5)10-9-18(14,2)3/h7-8,11-12H,6,9-10H2,1-5H3. The summed E-state index contributed by atoms with van der Waals surface area (Å²) < 4.78 is 0. The maximum Gasteiger partial charge on any atom is 0.0929 e. The number of benzene rings is 1. The zero-order chi connectivity index (χ0) is 15.3. The first-order valence-corrected chi connectivity index (χ1v) is 8.81. The molecule has 2 heteroatoms. The first-order chi connectivity index (χ1) is 9.83. The van der Waals surface area contributed by atoms with Crippen molar-refractivity contribution < 1.29 is 0 Å². The van der Waals surface area contributed by atoms with Gasteiger partial charge in [0.25, 0.3) is 0 Å². The van der Waals surface area contributed by atoms with Gasteiger partial charge in [0.15, 0.2) is 0 Å². The highest BCUT2D eigenvalue weighted by Gasteiger charge is 2.37. The Morgan fingerprint density at radius 1 is 1.05 bits per heavy atom. The van der Waals surface area contributed by atoms with Crippen LogP contribution in [-0.2, 0) is 17.3 Å². The third kappa shape index (κ3) is 2.55. The van der Waals surface area contributed by atoms with E-state index < -0.39 is 0 Å². The number of aryl methyl sites for hydroxylation is 1. The van der Waals surface area contributed by atoms with E-state index in [1.165, 1.54) is 34.5 Å². The molecule has 0 saturated heterocycles. The molecule has 3 rings (SSSR count). The van der Waals surface area contributed by atoms with Crippen LogP contribution in [0.4, 0.5) is 0 Å². The van der Waals surface area contributed by atoms with Crippen LogP contribution in [-0.4, -0.2) is 4.98 Å². The van der Waals surface area contributed by atoms with Gasteiger partial charge in [0.1, 0.15) is 0 Å². The average molecular weight is 299 g/mol. The van der Waals surface area contributed by atoms with Crippen LogP contribution in [0.15, 0.2) is 23.6 Å². The summed E-state index contributed by atoms with van der Waals surface area (Å²) in [4.78, 5) is 4.75. The van der Waals surface area contributed by atoms with Gasteiger partial charge in [-0.2, -0.15) is 0 Å². The van der Waals surface area contributed by atoms with Gasteiger partial charge in [-0.1, -0.05) is 46.8 Å². The van der Waals surface area contributed by atoms with Gasteiger partial charge in [-0.05, 0) is 47.3 Å². The number of rotatable bonds is 2. The average Bonchev–Trinajstić information content (AvgIpc) is 2.93. The number of aromatic nitrogens is 1. The summed E-state index contributed by atoms with van der Waals surface area (Å²) in [5, 5.41) is 3.42. The van der Waals surface area contributed by atoms with E-state index in [1.807, 2.05) is 0 Å². The van der Waals surface area contributed by atoms with Gasteiger partial charge in [-0.25, -0.2) is 4.98 Å². The van der Waals surface area contributed by atoms with E-state index >= 15 is 0 Å². The molecule has 1 heterocycles. The highest BCUT2D eigenvalue weighted by Crippen LogP contribution is 2.46. The van der Waals surface area contributed by atoms with E-state index in [2.05, 4.69) is 58.2 Å². The number of hydrogen-bond acceptors (Lipinski definition) is 2. The summed E-state index contributed by atoms with van der Waals surface area (Å²) in [5.41, 5.74) is 6.01. The fourth-order valence-corrected chi connectivity index (χ4v) is 4.11. The molecule has 1 aromatic heterocycles. The van der Waals surface area contributed by atoms with Gasteiger partial charge in [0.2, 0.25) is 0 Å². The van der Waals surface area contributed by atoms with Crippen molar-refractivity contribution in [3.8, 4) is 11.3 Å². The highest BCUT2D eigenvalue weighted by atomic mass is 32.1. The van der Waals surface area contributed by atoms with Crippen LogP contribution in [0.5, 0.6) is 0 Å². The Balaban J connectivity index is 2.11. The smallest absolute Gasteiger partial charge is 0.0929 e. The monoisotopic (exact) mass is 299 g/mol. The Morgan fingerprint density at radius 2 is 1.71 bits per heavy atom. The minimum Gasteiger partial charge on any atom is -0.241 e. The maximum atomic E-state index is 4.75. The number of nitrogens with zero attached hydrogens (tertiary/aromatic N) is 1. The van der Waals surface area contributed by atoms with E-state index in [0.29, 0.717) is 5.41 Å². The van der Waals surface area contributed by atoms with Gasteiger partial charge in [0.05, 0.1) is 10.7 Å². The maximum absolute atomic E-state index is 4.75. The van der Waals surface area contributed by atoms with E-state index in [0.717, 1.165) is 12.1 Å². The second-order valence-corrected chi connectivity index (χ2v) is 8.45. The lowest BCUT2D eigenvalue weighted by atomic mass is 9.63. The molecule has 1 nitrogen and oxygen atoms in total.